The lowest BCUT2D eigenvalue weighted by molar-refractivity contribution is -0.115. The summed E-state index contributed by atoms with van der Waals surface area (Å²) in [4.78, 5) is 24.3. The van der Waals surface area contributed by atoms with Crippen LogP contribution in [-0.4, -0.2) is 22.7 Å². The van der Waals surface area contributed by atoms with Crippen LogP contribution < -0.4 is 15.4 Å². The maximum Gasteiger partial charge on any atom is 0.276 e. The summed E-state index contributed by atoms with van der Waals surface area (Å²) in [6, 6.07) is 8.14. The monoisotopic (exact) mass is 392 g/mol. The molecule has 0 unspecified atom stereocenters. The summed E-state index contributed by atoms with van der Waals surface area (Å²) in [6.07, 6.45) is 0. The predicted molar refractivity (Wildman–Crippen MR) is 94.2 cm³/mol. The van der Waals surface area contributed by atoms with Crippen molar-refractivity contribution in [3.05, 3.63) is 40.6 Å². The number of hydrogen-bond donors (Lipinski definition) is 2. The van der Waals surface area contributed by atoms with Crippen LogP contribution in [0.15, 0.2) is 35.7 Å². The van der Waals surface area contributed by atoms with Gasteiger partial charge in [-0.2, -0.15) is 0 Å². The van der Waals surface area contributed by atoms with E-state index in [0.717, 1.165) is 0 Å². The summed E-state index contributed by atoms with van der Waals surface area (Å²) in [5.74, 6) is -0.687. The van der Waals surface area contributed by atoms with Crippen LogP contribution in [0.4, 0.5) is 11.4 Å². The highest BCUT2D eigenvalue weighted by molar-refractivity contribution is 7.12. The maximum absolute atomic E-state index is 12.1. The van der Waals surface area contributed by atoms with Gasteiger partial charge in [-0.05, 0) is 23.6 Å². The summed E-state index contributed by atoms with van der Waals surface area (Å²) in [5, 5.41) is 6.98. The molecule has 0 radical (unpaired) electrons. The lowest BCUT2D eigenvalue weighted by atomic mass is 10.2. The van der Waals surface area contributed by atoms with Crippen LogP contribution in [0.5, 0.6) is 5.75 Å². The van der Waals surface area contributed by atoms with E-state index in [2.05, 4.69) is 10.6 Å². The molecule has 0 saturated heterocycles. The van der Waals surface area contributed by atoms with E-state index in [0.29, 0.717) is 22.0 Å². The largest absolute Gasteiger partial charge is 0.494 e. The quantitative estimate of drug-likeness (QED) is 0.760. The molecule has 0 aliphatic heterocycles. The molecule has 0 bridgehead atoms. The van der Waals surface area contributed by atoms with Gasteiger partial charge < -0.3 is 15.4 Å². The van der Waals surface area contributed by atoms with Gasteiger partial charge in [-0.1, -0.05) is 40.9 Å². The van der Waals surface area contributed by atoms with Crippen molar-refractivity contribution in [1.29, 1.82) is 0 Å². The van der Waals surface area contributed by atoms with Gasteiger partial charge in [0.15, 0.2) is 0 Å². The number of halogens is 3. The summed E-state index contributed by atoms with van der Waals surface area (Å²) in [5.41, 5.74) is 0.824. The first kappa shape index (κ1) is 17.9. The molecular formula is C14H11Cl3N2O3S. The fourth-order valence-electron chi connectivity index (χ4n) is 1.67. The molecule has 5 nitrogen and oxygen atoms in total. The number of alkyl halides is 3. The molecule has 0 aliphatic rings. The number of carbonyl (C=O) groups is 2. The molecule has 0 saturated carbocycles. The van der Waals surface area contributed by atoms with Crippen LogP contribution >= 0.6 is 46.1 Å². The third kappa shape index (κ3) is 4.75. The van der Waals surface area contributed by atoms with Crippen LogP contribution in [0, 0.1) is 0 Å². The minimum absolute atomic E-state index is 0.253. The number of anilines is 2. The molecule has 23 heavy (non-hydrogen) atoms. The van der Waals surface area contributed by atoms with E-state index in [-0.39, 0.29) is 5.91 Å². The standard InChI is InChI=1S/C14H11Cl3N2O3S/c1-22-10-7-8(18-13(21)14(15,16)17)4-5-9(10)19-12(20)11-3-2-6-23-11/h2-7H,1H3,(H,18,21)(H,19,20). The van der Waals surface area contributed by atoms with Gasteiger partial charge in [0.05, 0.1) is 17.7 Å². The van der Waals surface area contributed by atoms with Crippen LogP contribution in [-0.2, 0) is 4.79 Å². The normalized spacial score (nSPS) is 11.0. The van der Waals surface area contributed by atoms with E-state index in [1.54, 1.807) is 24.3 Å². The van der Waals surface area contributed by atoms with Gasteiger partial charge >= 0.3 is 0 Å². The Labute approximate surface area is 151 Å². The predicted octanol–water partition coefficient (Wildman–Crippen LogP) is 4.32. The molecule has 2 amide bonds. The number of carbonyl (C=O) groups excluding carboxylic acids is 2. The molecule has 1 aromatic carbocycles. The zero-order valence-corrected chi connectivity index (χ0v) is 14.8. The molecule has 122 valence electrons. The minimum atomic E-state index is -2.07. The molecule has 0 atom stereocenters. The third-order valence-electron chi connectivity index (χ3n) is 2.71. The first-order valence-electron chi connectivity index (χ1n) is 6.22. The van der Waals surface area contributed by atoms with Gasteiger partial charge in [0.25, 0.3) is 15.6 Å². The van der Waals surface area contributed by atoms with Gasteiger partial charge in [-0.25, -0.2) is 0 Å². The first-order chi connectivity index (χ1) is 10.8. The van der Waals surface area contributed by atoms with Crippen LogP contribution in [0.1, 0.15) is 9.67 Å². The zero-order valence-electron chi connectivity index (χ0n) is 11.7. The molecule has 0 aliphatic carbocycles. The second-order valence-electron chi connectivity index (χ2n) is 4.30. The second kappa shape index (κ2) is 7.40. The van der Waals surface area contributed by atoms with E-state index in [1.807, 2.05) is 5.38 Å². The molecule has 0 spiro atoms. The van der Waals surface area contributed by atoms with Gasteiger partial charge in [0.1, 0.15) is 5.75 Å². The SMILES string of the molecule is COc1cc(NC(=O)C(Cl)(Cl)Cl)ccc1NC(=O)c1cccs1. The van der Waals surface area contributed by atoms with Crippen LogP contribution in [0.3, 0.4) is 0 Å². The number of hydrogen-bond acceptors (Lipinski definition) is 4. The average molecular weight is 394 g/mol. The Kier molecular flexibility index (Phi) is 5.75. The van der Waals surface area contributed by atoms with Crippen LogP contribution in [0.25, 0.3) is 0 Å². The van der Waals surface area contributed by atoms with Crippen molar-refractivity contribution in [3.8, 4) is 5.75 Å². The van der Waals surface area contributed by atoms with E-state index < -0.39 is 9.70 Å². The zero-order chi connectivity index (χ0) is 17.0. The molecule has 1 aromatic heterocycles. The number of benzene rings is 1. The van der Waals surface area contributed by atoms with Gasteiger partial charge in [0.2, 0.25) is 0 Å². The highest BCUT2D eigenvalue weighted by Gasteiger charge is 2.30. The van der Waals surface area contributed by atoms with Crippen molar-refractivity contribution in [3.63, 3.8) is 0 Å². The third-order valence-corrected chi connectivity index (χ3v) is 4.09. The van der Waals surface area contributed by atoms with E-state index >= 15 is 0 Å². The number of thiophene rings is 1. The van der Waals surface area contributed by atoms with Crippen molar-refractivity contribution in [2.45, 2.75) is 3.79 Å². The summed E-state index contributed by atoms with van der Waals surface area (Å²) in [7, 11) is 1.44. The summed E-state index contributed by atoms with van der Waals surface area (Å²) < 4.78 is 3.14. The molecule has 0 fully saturated rings. The van der Waals surface area contributed by atoms with Crippen molar-refractivity contribution in [2.75, 3.05) is 17.7 Å². The number of rotatable bonds is 4. The molecule has 1 heterocycles. The Hall–Kier alpha value is -1.47. The summed E-state index contributed by atoms with van der Waals surface area (Å²) >= 11 is 17.8. The fraction of sp³-hybridized carbons (Fsp3) is 0.143. The average Bonchev–Trinajstić information content (AvgIpc) is 3.02. The first-order valence-corrected chi connectivity index (χ1v) is 8.23. The number of amides is 2. The Bertz CT molecular complexity index is 715. The Morgan fingerprint density at radius 3 is 2.48 bits per heavy atom. The topological polar surface area (TPSA) is 67.4 Å². The highest BCUT2D eigenvalue weighted by atomic mass is 35.6. The van der Waals surface area contributed by atoms with E-state index in [1.165, 1.54) is 24.5 Å². The second-order valence-corrected chi connectivity index (χ2v) is 7.53. The lowest BCUT2D eigenvalue weighted by Crippen LogP contribution is -2.26. The molecular weight excluding hydrogens is 383 g/mol. The van der Waals surface area contributed by atoms with E-state index in [9.17, 15) is 9.59 Å². The maximum atomic E-state index is 12.1. The van der Waals surface area contributed by atoms with Gasteiger partial charge in [-0.15, -0.1) is 11.3 Å². The van der Waals surface area contributed by atoms with Crippen molar-refractivity contribution >= 4 is 69.3 Å². The molecule has 2 rings (SSSR count). The van der Waals surface area contributed by atoms with Gasteiger partial charge in [0, 0.05) is 11.8 Å². The number of ether oxygens (including phenoxy) is 1. The lowest BCUT2D eigenvalue weighted by Gasteiger charge is -2.14. The van der Waals surface area contributed by atoms with Crippen molar-refractivity contribution in [1.82, 2.24) is 0 Å². The Balaban J connectivity index is 2.16. The van der Waals surface area contributed by atoms with Gasteiger partial charge in [-0.3, -0.25) is 9.59 Å². The summed E-state index contributed by atoms with van der Waals surface area (Å²) in [6.45, 7) is 0. The van der Waals surface area contributed by atoms with Crippen molar-refractivity contribution in [2.24, 2.45) is 0 Å². The molecule has 2 aromatic rings. The fourth-order valence-corrected chi connectivity index (χ4v) is 2.43. The highest BCUT2D eigenvalue weighted by Crippen LogP contribution is 2.31. The molecule has 9 heteroatoms. The van der Waals surface area contributed by atoms with Crippen molar-refractivity contribution < 1.29 is 14.3 Å². The minimum Gasteiger partial charge on any atom is -0.494 e. The number of methoxy groups -OCH3 is 1. The van der Waals surface area contributed by atoms with E-state index in [4.69, 9.17) is 39.5 Å². The Morgan fingerprint density at radius 1 is 1.17 bits per heavy atom. The Morgan fingerprint density at radius 2 is 1.91 bits per heavy atom. The smallest absolute Gasteiger partial charge is 0.276 e. The number of nitrogens with one attached hydrogen (secondary N) is 2. The van der Waals surface area contributed by atoms with Crippen LogP contribution in [0.2, 0.25) is 0 Å². The molecule has 2 N–H and O–H groups in total.